The average molecular weight is 223 g/mol. The smallest absolute Gasteiger partial charge is 0.250 e. The Morgan fingerprint density at radius 2 is 2.25 bits per heavy atom. The summed E-state index contributed by atoms with van der Waals surface area (Å²) in [6.45, 7) is 3.84. The Balaban J connectivity index is 2.66. The topological polar surface area (TPSA) is 90.4 Å². The molecule has 0 fully saturated rings. The molecular weight excluding hydrogens is 206 g/mol. The van der Waals surface area contributed by atoms with Crippen molar-refractivity contribution in [1.29, 1.82) is 0 Å². The maximum Gasteiger partial charge on any atom is 0.250 e. The van der Waals surface area contributed by atoms with Crippen LogP contribution in [0.15, 0.2) is 18.2 Å². The number of para-hydroxylation sites is 1. The number of amides is 1. The number of carbonyl (C=O) groups is 1. The Morgan fingerprint density at radius 3 is 2.88 bits per heavy atom. The monoisotopic (exact) mass is 223 g/mol. The lowest BCUT2D eigenvalue weighted by Gasteiger charge is -2.11. The van der Waals surface area contributed by atoms with Crippen molar-refractivity contribution in [3.63, 3.8) is 0 Å². The first-order chi connectivity index (χ1) is 7.66. The number of hydrogen-bond acceptors (Lipinski definition) is 4. The summed E-state index contributed by atoms with van der Waals surface area (Å²) >= 11 is 0. The number of benzene rings is 1. The molecule has 0 aliphatic carbocycles. The zero-order valence-corrected chi connectivity index (χ0v) is 9.32. The Hall–Kier alpha value is -1.75. The minimum absolute atomic E-state index is 0.335. The van der Waals surface area contributed by atoms with Gasteiger partial charge in [0.25, 0.3) is 5.91 Å². The molecule has 1 amide bonds. The first-order valence-electron chi connectivity index (χ1n) is 5.16. The van der Waals surface area contributed by atoms with Crippen LogP contribution in [0.25, 0.3) is 0 Å². The SMILES string of the molecule is CCOCCNc1cccc(C(N)=O)c1N. The predicted molar refractivity (Wildman–Crippen MR) is 64.4 cm³/mol. The van der Waals surface area contributed by atoms with Crippen LogP contribution in [0.4, 0.5) is 11.4 Å². The van der Waals surface area contributed by atoms with E-state index in [2.05, 4.69) is 5.32 Å². The van der Waals surface area contributed by atoms with E-state index in [9.17, 15) is 4.79 Å². The highest BCUT2D eigenvalue weighted by Gasteiger charge is 2.08. The summed E-state index contributed by atoms with van der Waals surface area (Å²) in [5.41, 5.74) is 12.4. The van der Waals surface area contributed by atoms with Gasteiger partial charge in [0.05, 0.1) is 23.5 Å². The summed E-state index contributed by atoms with van der Waals surface area (Å²) in [4.78, 5) is 11.0. The lowest BCUT2D eigenvalue weighted by atomic mass is 10.1. The van der Waals surface area contributed by atoms with Gasteiger partial charge in [-0.2, -0.15) is 0 Å². The highest BCUT2D eigenvalue weighted by Crippen LogP contribution is 2.21. The van der Waals surface area contributed by atoms with E-state index in [0.29, 0.717) is 36.7 Å². The maximum atomic E-state index is 11.0. The van der Waals surface area contributed by atoms with Crippen LogP contribution in [0.3, 0.4) is 0 Å². The van der Waals surface area contributed by atoms with Crippen molar-refractivity contribution in [2.24, 2.45) is 5.73 Å². The van der Waals surface area contributed by atoms with Gasteiger partial charge < -0.3 is 21.5 Å². The second kappa shape index (κ2) is 5.97. The Bertz CT molecular complexity index is 366. The molecule has 1 rings (SSSR count). The highest BCUT2D eigenvalue weighted by atomic mass is 16.5. The molecule has 0 aliphatic rings. The molecule has 5 N–H and O–H groups in total. The van der Waals surface area contributed by atoms with E-state index in [0.717, 1.165) is 0 Å². The van der Waals surface area contributed by atoms with Gasteiger partial charge in [-0.05, 0) is 19.1 Å². The standard InChI is InChI=1S/C11H17N3O2/c1-2-16-7-6-14-9-5-3-4-8(10(9)12)11(13)15/h3-5,14H,2,6-7,12H2,1H3,(H2,13,15). The third-order valence-corrected chi connectivity index (χ3v) is 2.14. The maximum absolute atomic E-state index is 11.0. The molecule has 0 bridgehead atoms. The molecule has 0 aliphatic heterocycles. The second-order valence-corrected chi connectivity index (χ2v) is 3.25. The van der Waals surface area contributed by atoms with E-state index in [1.807, 2.05) is 6.92 Å². The van der Waals surface area contributed by atoms with Gasteiger partial charge in [-0.25, -0.2) is 0 Å². The number of nitrogen functional groups attached to an aromatic ring is 1. The number of hydrogen-bond donors (Lipinski definition) is 3. The van der Waals surface area contributed by atoms with E-state index in [-0.39, 0.29) is 0 Å². The van der Waals surface area contributed by atoms with E-state index in [1.54, 1.807) is 18.2 Å². The van der Waals surface area contributed by atoms with Crippen molar-refractivity contribution in [3.8, 4) is 0 Å². The van der Waals surface area contributed by atoms with Gasteiger partial charge in [0.2, 0.25) is 0 Å². The minimum atomic E-state index is -0.522. The molecule has 0 atom stereocenters. The van der Waals surface area contributed by atoms with Crippen LogP contribution in [0.2, 0.25) is 0 Å². The van der Waals surface area contributed by atoms with Gasteiger partial charge in [0.15, 0.2) is 0 Å². The van der Waals surface area contributed by atoms with Crippen LogP contribution >= 0.6 is 0 Å². The third kappa shape index (κ3) is 3.13. The van der Waals surface area contributed by atoms with Crippen molar-refractivity contribution in [2.75, 3.05) is 30.8 Å². The van der Waals surface area contributed by atoms with E-state index in [1.165, 1.54) is 0 Å². The second-order valence-electron chi connectivity index (χ2n) is 3.25. The van der Waals surface area contributed by atoms with Crippen molar-refractivity contribution in [3.05, 3.63) is 23.8 Å². The fourth-order valence-corrected chi connectivity index (χ4v) is 1.34. The Kier molecular flexibility index (Phi) is 4.60. The molecule has 16 heavy (non-hydrogen) atoms. The molecule has 0 unspecified atom stereocenters. The first kappa shape index (κ1) is 12.3. The minimum Gasteiger partial charge on any atom is -0.396 e. The molecule has 5 heteroatoms. The predicted octanol–water partition coefficient (Wildman–Crippen LogP) is 0.816. The normalized spacial score (nSPS) is 10.1. The molecule has 1 aromatic carbocycles. The third-order valence-electron chi connectivity index (χ3n) is 2.14. The number of nitrogens with one attached hydrogen (secondary N) is 1. The molecule has 0 radical (unpaired) electrons. The highest BCUT2D eigenvalue weighted by molar-refractivity contribution is 6.00. The molecule has 88 valence electrons. The van der Waals surface area contributed by atoms with Crippen LogP contribution in [-0.4, -0.2) is 25.7 Å². The van der Waals surface area contributed by atoms with Gasteiger partial charge in [0.1, 0.15) is 0 Å². The van der Waals surface area contributed by atoms with Crippen LogP contribution in [-0.2, 0) is 4.74 Å². The van der Waals surface area contributed by atoms with Gasteiger partial charge in [0, 0.05) is 13.2 Å². The van der Waals surface area contributed by atoms with Crippen molar-refractivity contribution >= 4 is 17.3 Å². The summed E-state index contributed by atoms with van der Waals surface area (Å²) < 4.78 is 5.18. The van der Waals surface area contributed by atoms with Crippen LogP contribution in [0.1, 0.15) is 17.3 Å². The quantitative estimate of drug-likeness (QED) is 0.492. The molecule has 5 nitrogen and oxygen atoms in total. The average Bonchev–Trinajstić information content (AvgIpc) is 2.26. The van der Waals surface area contributed by atoms with Crippen LogP contribution in [0.5, 0.6) is 0 Å². The fourth-order valence-electron chi connectivity index (χ4n) is 1.34. The van der Waals surface area contributed by atoms with Crippen LogP contribution < -0.4 is 16.8 Å². The molecular formula is C11H17N3O2. The molecule has 0 spiro atoms. The number of ether oxygens (including phenoxy) is 1. The Labute approximate surface area is 94.8 Å². The van der Waals surface area contributed by atoms with Gasteiger partial charge >= 0.3 is 0 Å². The fraction of sp³-hybridized carbons (Fsp3) is 0.364. The summed E-state index contributed by atoms with van der Waals surface area (Å²) in [7, 11) is 0. The van der Waals surface area contributed by atoms with Gasteiger partial charge in [-0.3, -0.25) is 4.79 Å². The lowest BCUT2D eigenvalue weighted by molar-refractivity contribution is 0.100. The summed E-state index contributed by atoms with van der Waals surface area (Å²) in [5, 5.41) is 3.09. The number of rotatable bonds is 6. The van der Waals surface area contributed by atoms with E-state index < -0.39 is 5.91 Å². The van der Waals surface area contributed by atoms with Crippen molar-refractivity contribution < 1.29 is 9.53 Å². The van der Waals surface area contributed by atoms with Crippen molar-refractivity contribution in [2.45, 2.75) is 6.92 Å². The van der Waals surface area contributed by atoms with Crippen LogP contribution in [0, 0.1) is 0 Å². The zero-order chi connectivity index (χ0) is 12.0. The van der Waals surface area contributed by atoms with Crippen molar-refractivity contribution in [1.82, 2.24) is 0 Å². The number of primary amides is 1. The number of anilines is 2. The summed E-state index contributed by atoms with van der Waals surface area (Å²) in [5.74, 6) is -0.522. The molecule has 1 aromatic rings. The summed E-state index contributed by atoms with van der Waals surface area (Å²) in [6.07, 6.45) is 0. The first-order valence-corrected chi connectivity index (χ1v) is 5.16. The van der Waals surface area contributed by atoms with Gasteiger partial charge in [-0.1, -0.05) is 6.07 Å². The molecule has 0 saturated heterocycles. The number of nitrogens with two attached hydrogens (primary N) is 2. The molecule has 0 saturated carbocycles. The number of carbonyl (C=O) groups excluding carboxylic acids is 1. The van der Waals surface area contributed by atoms with E-state index >= 15 is 0 Å². The largest absolute Gasteiger partial charge is 0.396 e. The van der Waals surface area contributed by atoms with E-state index in [4.69, 9.17) is 16.2 Å². The Morgan fingerprint density at radius 1 is 1.50 bits per heavy atom. The zero-order valence-electron chi connectivity index (χ0n) is 9.32. The van der Waals surface area contributed by atoms with Gasteiger partial charge in [-0.15, -0.1) is 0 Å². The lowest BCUT2D eigenvalue weighted by Crippen LogP contribution is -2.16. The summed E-state index contributed by atoms with van der Waals surface area (Å²) in [6, 6.07) is 5.14. The molecule has 0 heterocycles. The molecule has 0 aromatic heterocycles.